The van der Waals surface area contributed by atoms with Gasteiger partial charge in [0.1, 0.15) is 17.5 Å². The van der Waals surface area contributed by atoms with Gasteiger partial charge in [-0.3, -0.25) is 27.5 Å². The molecule has 10 nitrogen and oxygen atoms in total. The summed E-state index contributed by atoms with van der Waals surface area (Å²) in [5.74, 6) is 0. The van der Waals surface area contributed by atoms with Crippen molar-refractivity contribution < 1.29 is 46.1 Å². The van der Waals surface area contributed by atoms with Crippen molar-refractivity contribution in [3.05, 3.63) is 136 Å². The summed E-state index contributed by atoms with van der Waals surface area (Å²) in [7, 11) is -0.156. The average Bonchev–Trinajstić information content (AvgIpc) is 4.08. The maximum Gasteiger partial charge on any atom is 0.762 e. The standard InChI is InChI=1S/C29H34N3O2.C21H26N2O3.BF3.FH/c1-29(2,3)34-28(33)30(4)27-23(19-31-17-15-21-9-5-7-11-25(21)31)13-14-24(27)20-32-18-16-22-10-6-8-12-26(22)32;1-21(2,3)26-20(25)22(4)19-16(9-10-17(19)14-24)13-23-12-11-15-7-5-6-8-18(15)23;2-1(3)4;/h5-12,19-20H,13-18H2,1-4H3;5-8,13-14H,9-12H2,1-4H3;;1H/q+1;;;/p-1/b;16-13+;;. The summed E-state index contributed by atoms with van der Waals surface area (Å²) >= 11 is 0. The van der Waals surface area contributed by atoms with Crippen LogP contribution in [0, 0.1) is 0 Å². The van der Waals surface area contributed by atoms with Gasteiger partial charge in [0.15, 0.2) is 12.8 Å². The smallest absolute Gasteiger partial charge is 0.762 e. The van der Waals surface area contributed by atoms with E-state index in [1.807, 2.05) is 54.7 Å². The van der Waals surface area contributed by atoms with Crippen LogP contribution in [0.3, 0.4) is 0 Å². The molecule has 0 spiro atoms. The molecule has 0 atom stereocenters. The summed E-state index contributed by atoms with van der Waals surface area (Å²) < 4.78 is 42.6. The SMILES string of the molecule is CN(C(=O)OC(C)(C)C)C1=C(C=O)CC/C1=C\N1CCc2ccccc21.CN(C(=O)OC(C)(C)C)C1=C(C=[N+]2CCc3ccccc32)CC/C1=C\N1CCc2ccccc21.FB(F)F.[F-]. The number of aldehydes is 1. The van der Waals surface area contributed by atoms with E-state index < -0.39 is 24.8 Å². The number of hydrogen-bond acceptors (Lipinski definition) is 7. The zero-order valence-electron chi connectivity index (χ0n) is 38.7. The third kappa shape index (κ3) is 12.6. The number of nitrogens with zero attached hydrogens (tertiary/aromatic N) is 5. The summed E-state index contributed by atoms with van der Waals surface area (Å²) in [5, 5.41) is 0. The summed E-state index contributed by atoms with van der Waals surface area (Å²) in [4.78, 5) is 44.9. The van der Waals surface area contributed by atoms with E-state index in [0.29, 0.717) is 17.7 Å². The van der Waals surface area contributed by atoms with Gasteiger partial charge in [-0.05, 0) is 114 Å². The minimum absolute atomic E-state index is 0. The van der Waals surface area contributed by atoms with E-state index in [0.717, 1.165) is 75.7 Å². The van der Waals surface area contributed by atoms with Gasteiger partial charge in [0.2, 0.25) is 5.69 Å². The van der Waals surface area contributed by atoms with E-state index in [1.165, 1.54) is 49.8 Å². The molecule has 3 aliphatic heterocycles. The topological polar surface area (TPSA) is 85.6 Å². The van der Waals surface area contributed by atoms with Gasteiger partial charge in [-0.1, -0.05) is 54.6 Å². The Balaban J connectivity index is 0.000000229. The fourth-order valence-corrected chi connectivity index (χ4v) is 8.68. The van der Waals surface area contributed by atoms with Crippen molar-refractivity contribution >= 4 is 49.3 Å². The molecule has 65 heavy (non-hydrogen) atoms. The number of hydrogen-bond donors (Lipinski definition) is 0. The summed E-state index contributed by atoms with van der Waals surface area (Å²) in [5.41, 5.74) is 12.4. The van der Waals surface area contributed by atoms with Crippen molar-refractivity contribution in [1.29, 1.82) is 0 Å². The fourth-order valence-electron chi connectivity index (χ4n) is 8.68. The number of likely N-dealkylation sites (N-methyl/N-ethyl adjacent to an activating group) is 2. The minimum Gasteiger partial charge on any atom is -1.00 e. The second kappa shape index (κ2) is 21.3. The summed E-state index contributed by atoms with van der Waals surface area (Å²) in [6, 6.07) is 25.5. The van der Waals surface area contributed by atoms with Crippen LogP contribution in [0.25, 0.3) is 0 Å². The van der Waals surface area contributed by atoms with Crippen LogP contribution in [-0.4, -0.2) is 91.5 Å². The molecular formula is C50H60BF4N5O5. The zero-order chi connectivity index (χ0) is 46.3. The van der Waals surface area contributed by atoms with Crippen LogP contribution in [0.2, 0.25) is 0 Å². The first-order chi connectivity index (χ1) is 30.3. The molecule has 0 aromatic heterocycles. The highest BCUT2D eigenvalue weighted by Gasteiger charge is 2.34. The third-order valence-electron chi connectivity index (χ3n) is 11.4. The lowest BCUT2D eigenvalue weighted by Gasteiger charge is -2.27. The number of para-hydroxylation sites is 3. The number of fused-ring (bicyclic) bond motifs is 3. The number of ether oxygens (including phenoxy) is 2. The number of halogens is 4. The maximum atomic E-state index is 13.1. The number of carbonyl (C=O) groups excluding carboxylic acids is 3. The molecule has 3 aromatic carbocycles. The number of anilines is 2. The highest BCUT2D eigenvalue weighted by atomic mass is 19.4. The largest absolute Gasteiger partial charge is 1.00 e. The molecule has 5 aliphatic rings. The molecule has 0 fully saturated rings. The van der Waals surface area contributed by atoms with Crippen LogP contribution in [0.15, 0.2) is 119 Å². The van der Waals surface area contributed by atoms with Gasteiger partial charge in [-0.25, -0.2) is 9.59 Å². The quantitative estimate of drug-likeness (QED) is 0.108. The zero-order valence-corrected chi connectivity index (χ0v) is 38.7. The van der Waals surface area contributed by atoms with E-state index in [-0.39, 0.29) is 10.8 Å². The van der Waals surface area contributed by atoms with E-state index in [9.17, 15) is 27.3 Å². The van der Waals surface area contributed by atoms with Crippen molar-refractivity contribution in [2.75, 3.05) is 43.5 Å². The molecule has 0 saturated heterocycles. The molecule has 0 unspecified atom stereocenters. The first-order valence-electron chi connectivity index (χ1n) is 21.9. The summed E-state index contributed by atoms with van der Waals surface area (Å²) in [6.07, 6.45) is 13.0. The monoisotopic (exact) mass is 897 g/mol. The molecule has 3 aromatic rings. The van der Waals surface area contributed by atoms with Crippen LogP contribution >= 0.6 is 0 Å². The number of rotatable bonds is 6. The molecule has 0 radical (unpaired) electrons. The first kappa shape index (κ1) is 49.9. The van der Waals surface area contributed by atoms with E-state index >= 15 is 0 Å². The van der Waals surface area contributed by atoms with Crippen LogP contribution < -0.4 is 14.5 Å². The number of benzene rings is 3. The van der Waals surface area contributed by atoms with Gasteiger partial charge in [0, 0.05) is 80.2 Å². The molecule has 8 rings (SSSR count). The van der Waals surface area contributed by atoms with Crippen LogP contribution in [-0.2, 0) is 33.5 Å². The Morgan fingerprint density at radius 1 is 0.631 bits per heavy atom. The number of amides is 2. The van der Waals surface area contributed by atoms with Crippen molar-refractivity contribution in [3.63, 3.8) is 0 Å². The molecule has 346 valence electrons. The highest BCUT2D eigenvalue weighted by molar-refractivity contribution is 6.33. The second-order valence-corrected chi connectivity index (χ2v) is 18.3. The molecule has 0 saturated carbocycles. The molecule has 0 bridgehead atoms. The normalized spacial score (nSPS) is 18.0. The van der Waals surface area contributed by atoms with Crippen molar-refractivity contribution in [3.8, 4) is 0 Å². The minimum atomic E-state index is -3.67. The van der Waals surface area contributed by atoms with Gasteiger partial charge < -0.3 is 24.0 Å². The molecule has 0 N–H and O–H groups in total. The van der Waals surface area contributed by atoms with E-state index in [1.54, 1.807) is 11.9 Å². The molecule has 15 heteroatoms. The molecule has 2 aliphatic carbocycles. The van der Waals surface area contributed by atoms with Gasteiger partial charge in [-0.2, -0.15) is 4.58 Å². The van der Waals surface area contributed by atoms with Gasteiger partial charge in [-0.15, -0.1) is 0 Å². The Kier molecular flexibility index (Phi) is 16.3. The predicted molar refractivity (Wildman–Crippen MR) is 248 cm³/mol. The van der Waals surface area contributed by atoms with Crippen molar-refractivity contribution in [1.82, 2.24) is 9.80 Å². The van der Waals surface area contributed by atoms with Crippen molar-refractivity contribution in [2.45, 2.75) is 97.7 Å². The molecule has 3 heterocycles. The van der Waals surface area contributed by atoms with E-state index in [4.69, 9.17) is 9.47 Å². The Labute approximate surface area is 380 Å². The van der Waals surface area contributed by atoms with Crippen molar-refractivity contribution in [2.24, 2.45) is 0 Å². The Morgan fingerprint density at radius 3 is 1.51 bits per heavy atom. The lowest BCUT2D eigenvalue weighted by Crippen LogP contribution is -3.00. The lowest BCUT2D eigenvalue weighted by molar-refractivity contribution is -0.423. The third-order valence-corrected chi connectivity index (χ3v) is 11.4. The number of allylic oxidation sites excluding steroid dienone is 4. The fraction of sp³-hybridized carbons (Fsp3) is 0.400. The van der Waals surface area contributed by atoms with Gasteiger partial charge in [0.25, 0.3) is 0 Å². The lowest BCUT2D eigenvalue weighted by atomic mass is 10.1. The van der Waals surface area contributed by atoms with E-state index in [2.05, 4.69) is 99.7 Å². The Morgan fingerprint density at radius 2 is 1.05 bits per heavy atom. The molecular weight excluding hydrogens is 837 g/mol. The molecule has 2 amide bonds. The van der Waals surface area contributed by atoms with Crippen LogP contribution in [0.1, 0.15) is 83.9 Å². The average molecular weight is 898 g/mol. The summed E-state index contributed by atoms with van der Waals surface area (Å²) in [6.45, 7) is 14.1. The van der Waals surface area contributed by atoms with Gasteiger partial charge >= 0.3 is 19.7 Å². The second-order valence-electron chi connectivity index (χ2n) is 18.3. The van der Waals surface area contributed by atoms with Crippen LogP contribution in [0.5, 0.6) is 0 Å². The Bertz CT molecular complexity index is 2400. The maximum absolute atomic E-state index is 13.1. The van der Waals surface area contributed by atoms with Crippen LogP contribution in [0.4, 0.5) is 39.6 Å². The number of carbonyl (C=O) groups is 3. The first-order valence-corrected chi connectivity index (χ1v) is 21.9. The van der Waals surface area contributed by atoms with Gasteiger partial charge in [0.05, 0.1) is 11.4 Å². The highest BCUT2D eigenvalue weighted by Crippen LogP contribution is 2.38. The Hall–Kier alpha value is -6.12. The predicted octanol–water partition coefficient (Wildman–Crippen LogP) is 7.75.